The first-order valence-corrected chi connectivity index (χ1v) is 39.4. The molecule has 0 bridgehead atoms. The zero-order chi connectivity index (χ0) is 65.9. The molecule has 89 heavy (non-hydrogen) atoms. The number of carbonyl (C=O) groups excluding carboxylic acids is 4. The van der Waals surface area contributed by atoms with Gasteiger partial charge in [0.1, 0.15) is 19.3 Å². The third-order valence-electron chi connectivity index (χ3n) is 16.9. The van der Waals surface area contributed by atoms with Crippen LogP contribution in [-0.4, -0.2) is 96.7 Å². The largest absolute Gasteiger partial charge is 0.472 e. The average molecular weight is 1310 g/mol. The Morgan fingerprint density at radius 2 is 0.573 bits per heavy atom. The van der Waals surface area contributed by atoms with Gasteiger partial charge in [-0.2, -0.15) is 0 Å². The summed E-state index contributed by atoms with van der Waals surface area (Å²) in [5, 5.41) is 10.6. The van der Waals surface area contributed by atoms with Gasteiger partial charge in [0, 0.05) is 25.7 Å². The van der Waals surface area contributed by atoms with Gasteiger partial charge in [-0.05, 0) is 43.4 Å². The number of aliphatic hydroxyl groups excluding tert-OH is 1. The molecule has 0 rings (SSSR count). The molecule has 19 heteroatoms. The first-order chi connectivity index (χ1) is 42.8. The minimum Gasteiger partial charge on any atom is -0.462 e. The van der Waals surface area contributed by atoms with E-state index in [4.69, 9.17) is 37.0 Å². The van der Waals surface area contributed by atoms with Crippen LogP contribution in [0.3, 0.4) is 0 Å². The van der Waals surface area contributed by atoms with Crippen LogP contribution in [-0.2, 0) is 65.4 Å². The highest BCUT2D eigenvalue weighted by atomic mass is 31.2. The lowest BCUT2D eigenvalue weighted by atomic mass is 9.99. The second-order valence-electron chi connectivity index (χ2n) is 26.2. The van der Waals surface area contributed by atoms with E-state index in [0.717, 1.165) is 121 Å². The number of phosphoric acid groups is 2. The van der Waals surface area contributed by atoms with E-state index in [0.29, 0.717) is 31.6 Å². The molecule has 0 saturated carbocycles. The van der Waals surface area contributed by atoms with Crippen LogP contribution in [0.1, 0.15) is 350 Å². The summed E-state index contributed by atoms with van der Waals surface area (Å²) in [6, 6.07) is 0. The lowest BCUT2D eigenvalue weighted by Gasteiger charge is -2.21. The van der Waals surface area contributed by atoms with Crippen molar-refractivity contribution in [1.82, 2.24) is 0 Å². The SMILES string of the molecule is CCCCCCCCCC(=O)OC[C@H](COP(=O)(O)OC[C@H](O)COP(=O)(O)OC[C@@H](COC(=O)CCCCCCCCCC(C)C)OC(=O)CCCCCCCCCCCCCCCCCCCCC(C)CC)OC(=O)CCCCCCCCC(C)CC. The average Bonchev–Trinajstić information content (AvgIpc) is 3.69. The van der Waals surface area contributed by atoms with E-state index in [1.807, 2.05) is 0 Å². The molecule has 7 atom stereocenters. The van der Waals surface area contributed by atoms with Crippen molar-refractivity contribution in [1.29, 1.82) is 0 Å². The summed E-state index contributed by atoms with van der Waals surface area (Å²) in [7, 11) is -9.89. The Morgan fingerprint density at radius 3 is 0.854 bits per heavy atom. The fraction of sp³-hybridized carbons (Fsp3) is 0.943. The molecule has 0 fully saturated rings. The molecule has 0 aromatic rings. The second-order valence-corrected chi connectivity index (χ2v) is 29.1. The summed E-state index contributed by atoms with van der Waals surface area (Å²) in [5.74, 6) is 0.160. The molecule has 0 aliphatic carbocycles. The maximum Gasteiger partial charge on any atom is 0.472 e. The molecule has 4 unspecified atom stereocenters. The predicted octanol–water partition coefficient (Wildman–Crippen LogP) is 19.8. The normalized spacial score (nSPS) is 14.8. The van der Waals surface area contributed by atoms with Gasteiger partial charge in [-0.3, -0.25) is 37.3 Å². The smallest absolute Gasteiger partial charge is 0.462 e. The van der Waals surface area contributed by atoms with E-state index >= 15 is 0 Å². The zero-order valence-electron chi connectivity index (χ0n) is 57.9. The van der Waals surface area contributed by atoms with Crippen LogP contribution in [0, 0.1) is 17.8 Å². The molecular weight excluding hydrogens is 1170 g/mol. The standard InChI is InChI=1S/C70H136O17P2/c1-8-11-12-13-27-37-44-51-67(72)80-57-66(87-70(75)54-47-40-33-32-36-43-50-63(7)10-3)60-85-89(78,79)83-56-64(71)55-82-88(76,77)84-59-65(58-81-68(73)52-45-38-31-26-28-34-41-48-61(4)5)86-69(74)53-46-39-30-25-23-21-19-17-15-14-16-18-20-22-24-29-35-42-49-62(6)9-2/h61-66,71H,8-60H2,1-7H3,(H,76,77)(H,78,79)/t62?,63?,64-,65-,66-/m1/s1. The van der Waals surface area contributed by atoms with Gasteiger partial charge < -0.3 is 33.8 Å². The maximum atomic E-state index is 13.0. The minimum absolute atomic E-state index is 0.102. The fourth-order valence-corrected chi connectivity index (χ4v) is 12.1. The molecule has 0 saturated heterocycles. The topological polar surface area (TPSA) is 237 Å². The summed E-state index contributed by atoms with van der Waals surface area (Å²) in [6.07, 6.45) is 44.8. The summed E-state index contributed by atoms with van der Waals surface area (Å²) in [6.45, 7) is 11.8. The number of esters is 4. The lowest BCUT2D eigenvalue weighted by Crippen LogP contribution is -2.30. The number of phosphoric ester groups is 2. The molecule has 528 valence electrons. The molecule has 0 heterocycles. The van der Waals surface area contributed by atoms with Crippen molar-refractivity contribution in [3.05, 3.63) is 0 Å². The second kappa shape index (κ2) is 61.0. The quantitative estimate of drug-likeness (QED) is 0.0222. The Labute approximate surface area is 543 Å². The van der Waals surface area contributed by atoms with E-state index in [9.17, 15) is 43.2 Å². The summed E-state index contributed by atoms with van der Waals surface area (Å²) < 4.78 is 68.1. The Balaban J connectivity index is 5.11. The molecule has 0 spiro atoms. The van der Waals surface area contributed by atoms with Gasteiger partial charge >= 0.3 is 39.5 Å². The van der Waals surface area contributed by atoms with Gasteiger partial charge in [-0.25, -0.2) is 9.13 Å². The van der Waals surface area contributed by atoms with Crippen molar-refractivity contribution in [2.24, 2.45) is 17.8 Å². The predicted molar refractivity (Wildman–Crippen MR) is 358 cm³/mol. The molecular formula is C70H136O17P2. The van der Waals surface area contributed by atoms with Crippen LogP contribution in [0.5, 0.6) is 0 Å². The number of aliphatic hydroxyl groups is 1. The van der Waals surface area contributed by atoms with Crippen molar-refractivity contribution in [3.63, 3.8) is 0 Å². The van der Waals surface area contributed by atoms with Crippen LogP contribution in [0.25, 0.3) is 0 Å². The van der Waals surface area contributed by atoms with Crippen molar-refractivity contribution >= 4 is 39.5 Å². The van der Waals surface area contributed by atoms with Crippen LogP contribution < -0.4 is 0 Å². The van der Waals surface area contributed by atoms with Gasteiger partial charge in [0.15, 0.2) is 12.2 Å². The van der Waals surface area contributed by atoms with Gasteiger partial charge in [0.2, 0.25) is 0 Å². The number of rotatable bonds is 68. The highest BCUT2D eigenvalue weighted by Gasteiger charge is 2.30. The number of hydrogen-bond donors (Lipinski definition) is 3. The number of unbranched alkanes of at least 4 members (excludes halogenated alkanes) is 34. The van der Waals surface area contributed by atoms with Crippen LogP contribution in [0.15, 0.2) is 0 Å². The highest BCUT2D eigenvalue weighted by Crippen LogP contribution is 2.45. The van der Waals surface area contributed by atoms with E-state index in [1.54, 1.807) is 0 Å². The molecule has 0 aromatic heterocycles. The molecule has 3 N–H and O–H groups in total. The van der Waals surface area contributed by atoms with Crippen LogP contribution in [0.2, 0.25) is 0 Å². The van der Waals surface area contributed by atoms with E-state index < -0.39 is 97.5 Å². The van der Waals surface area contributed by atoms with Gasteiger partial charge in [-0.15, -0.1) is 0 Å². The summed E-state index contributed by atoms with van der Waals surface area (Å²) in [4.78, 5) is 72.3. The van der Waals surface area contributed by atoms with Crippen LogP contribution in [0.4, 0.5) is 0 Å². The van der Waals surface area contributed by atoms with Crippen LogP contribution >= 0.6 is 15.6 Å². The van der Waals surface area contributed by atoms with E-state index in [-0.39, 0.29) is 25.7 Å². The lowest BCUT2D eigenvalue weighted by molar-refractivity contribution is -0.161. The Hall–Kier alpha value is -1.94. The Kier molecular flexibility index (Phi) is 59.6. The van der Waals surface area contributed by atoms with E-state index in [1.165, 1.54) is 141 Å². The molecule has 17 nitrogen and oxygen atoms in total. The highest BCUT2D eigenvalue weighted by molar-refractivity contribution is 7.47. The minimum atomic E-state index is -4.95. The molecule has 0 aliphatic heterocycles. The molecule has 0 radical (unpaired) electrons. The Morgan fingerprint density at radius 1 is 0.326 bits per heavy atom. The first kappa shape index (κ1) is 87.1. The van der Waals surface area contributed by atoms with Gasteiger partial charge in [-0.1, -0.05) is 299 Å². The molecule has 0 amide bonds. The third-order valence-corrected chi connectivity index (χ3v) is 18.8. The van der Waals surface area contributed by atoms with Crippen molar-refractivity contribution < 1.29 is 80.2 Å². The van der Waals surface area contributed by atoms with E-state index in [2.05, 4.69) is 48.5 Å². The molecule has 0 aliphatic rings. The van der Waals surface area contributed by atoms with Gasteiger partial charge in [0.25, 0.3) is 0 Å². The van der Waals surface area contributed by atoms with Crippen molar-refractivity contribution in [2.45, 2.75) is 369 Å². The molecule has 0 aromatic carbocycles. The number of ether oxygens (including phenoxy) is 4. The number of carbonyl (C=O) groups is 4. The zero-order valence-corrected chi connectivity index (χ0v) is 59.7. The van der Waals surface area contributed by atoms with Crippen molar-refractivity contribution in [3.8, 4) is 0 Å². The number of hydrogen-bond acceptors (Lipinski definition) is 15. The first-order valence-electron chi connectivity index (χ1n) is 36.4. The monoisotopic (exact) mass is 1310 g/mol. The van der Waals surface area contributed by atoms with Gasteiger partial charge in [0.05, 0.1) is 26.4 Å². The summed E-state index contributed by atoms with van der Waals surface area (Å²) in [5.41, 5.74) is 0. The summed E-state index contributed by atoms with van der Waals surface area (Å²) >= 11 is 0. The third kappa shape index (κ3) is 62.0. The fourth-order valence-electron chi connectivity index (χ4n) is 10.5. The van der Waals surface area contributed by atoms with Crippen molar-refractivity contribution in [2.75, 3.05) is 39.6 Å². The maximum absolute atomic E-state index is 13.0. The Bertz CT molecular complexity index is 1750.